The molecule has 0 fully saturated rings. The molecule has 0 saturated carbocycles. The predicted octanol–water partition coefficient (Wildman–Crippen LogP) is 6.08. The minimum absolute atomic E-state index is 0.134. The van der Waals surface area contributed by atoms with E-state index in [9.17, 15) is 9.90 Å². The molecule has 0 radical (unpaired) electrons. The highest BCUT2D eigenvalue weighted by Crippen LogP contribution is 2.38. The normalized spacial score (nSPS) is 14.4. The number of phenolic OH excluding ortho intramolecular Hbond substituents is 1. The average Bonchev–Trinajstić information content (AvgIpc) is 2.95. The smallest absolute Gasteiger partial charge is 0.256 e. The van der Waals surface area contributed by atoms with Gasteiger partial charge in [0.1, 0.15) is 5.75 Å². The number of fused-ring (bicyclic) bond motifs is 1. The number of carbonyl (C=O) groups is 1. The Morgan fingerprint density at radius 2 is 1.58 bits per heavy atom. The van der Waals surface area contributed by atoms with Crippen molar-refractivity contribution >= 4 is 55.1 Å². The number of halogens is 2. The van der Waals surface area contributed by atoms with Gasteiger partial charge in [-0.2, -0.15) is 0 Å². The Hall–Kier alpha value is -2.37. The first-order chi connectivity index (χ1) is 12.5. The zero-order valence-electron chi connectivity index (χ0n) is 13.5. The Morgan fingerprint density at radius 3 is 2.27 bits per heavy atom. The number of phenols is 1. The first kappa shape index (κ1) is 17.1. The zero-order valence-corrected chi connectivity index (χ0v) is 16.6. The van der Waals surface area contributed by atoms with Crippen LogP contribution in [-0.4, -0.2) is 11.0 Å². The standard InChI is InChI=1S/C21H13Br2NO2/c22-17-9-12(10-18(23)20(17)25)8-16-15-11-14(13-4-2-1-3-5-13)6-7-19(15)24-21(16)26/h1-11,25H,(H,24,26)/b16-8-. The molecule has 128 valence electrons. The van der Waals surface area contributed by atoms with Crippen LogP contribution in [0.5, 0.6) is 5.75 Å². The lowest BCUT2D eigenvalue weighted by Gasteiger charge is -2.06. The molecular weight excluding hydrogens is 458 g/mol. The zero-order chi connectivity index (χ0) is 18.3. The number of rotatable bonds is 2. The lowest BCUT2D eigenvalue weighted by molar-refractivity contribution is -0.110. The monoisotopic (exact) mass is 469 g/mol. The highest BCUT2D eigenvalue weighted by Gasteiger charge is 2.24. The van der Waals surface area contributed by atoms with E-state index >= 15 is 0 Å². The molecule has 0 aromatic heterocycles. The van der Waals surface area contributed by atoms with Crippen molar-refractivity contribution in [2.24, 2.45) is 0 Å². The molecule has 1 heterocycles. The molecule has 1 aliphatic rings. The van der Waals surface area contributed by atoms with E-state index in [4.69, 9.17) is 0 Å². The second-order valence-corrected chi connectivity index (χ2v) is 7.68. The number of amides is 1. The number of carbonyl (C=O) groups excluding carboxylic acids is 1. The van der Waals surface area contributed by atoms with Crippen LogP contribution in [0.1, 0.15) is 11.1 Å². The second-order valence-electron chi connectivity index (χ2n) is 5.97. The van der Waals surface area contributed by atoms with Crippen LogP contribution in [0.3, 0.4) is 0 Å². The molecule has 0 bridgehead atoms. The molecule has 5 heteroatoms. The number of hydrogen-bond donors (Lipinski definition) is 2. The van der Waals surface area contributed by atoms with Gasteiger partial charge < -0.3 is 10.4 Å². The Kier molecular flexibility index (Phi) is 4.42. The quantitative estimate of drug-likeness (QED) is 0.446. The van der Waals surface area contributed by atoms with Crippen molar-refractivity contribution in [3.63, 3.8) is 0 Å². The molecule has 0 unspecified atom stereocenters. The van der Waals surface area contributed by atoms with E-state index < -0.39 is 0 Å². The summed E-state index contributed by atoms with van der Waals surface area (Å²) < 4.78 is 1.13. The van der Waals surface area contributed by atoms with Gasteiger partial charge in [-0.1, -0.05) is 36.4 Å². The number of hydrogen-bond acceptors (Lipinski definition) is 2. The molecular formula is C21H13Br2NO2. The van der Waals surface area contributed by atoms with Crippen LogP contribution < -0.4 is 5.32 Å². The summed E-state index contributed by atoms with van der Waals surface area (Å²) in [5.74, 6) is 0.000295. The molecule has 26 heavy (non-hydrogen) atoms. The average molecular weight is 471 g/mol. The molecule has 0 spiro atoms. The maximum atomic E-state index is 12.5. The van der Waals surface area contributed by atoms with E-state index in [1.54, 1.807) is 12.1 Å². The highest BCUT2D eigenvalue weighted by atomic mass is 79.9. The van der Waals surface area contributed by atoms with Crippen LogP contribution in [0.15, 0.2) is 69.6 Å². The van der Waals surface area contributed by atoms with Gasteiger partial charge in [0.2, 0.25) is 0 Å². The van der Waals surface area contributed by atoms with Crippen LogP contribution in [0, 0.1) is 0 Å². The SMILES string of the molecule is O=C1Nc2ccc(-c3ccccc3)cc2/C1=C/c1cc(Br)c(O)c(Br)c1. The van der Waals surface area contributed by atoms with Gasteiger partial charge in [-0.15, -0.1) is 0 Å². The molecule has 2 N–H and O–H groups in total. The third kappa shape index (κ3) is 3.08. The summed E-state index contributed by atoms with van der Waals surface area (Å²) in [5.41, 5.74) is 5.24. The van der Waals surface area contributed by atoms with Crippen molar-refractivity contribution in [1.29, 1.82) is 0 Å². The van der Waals surface area contributed by atoms with Gasteiger partial charge in [0.15, 0.2) is 0 Å². The highest BCUT2D eigenvalue weighted by molar-refractivity contribution is 9.11. The van der Waals surface area contributed by atoms with Gasteiger partial charge in [-0.05, 0) is 78.9 Å². The molecule has 3 aromatic rings. The topological polar surface area (TPSA) is 49.3 Å². The van der Waals surface area contributed by atoms with Crippen molar-refractivity contribution in [2.75, 3.05) is 5.32 Å². The maximum absolute atomic E-state index is 12.5. The van der Waals surface area contributed by atoms with Crippen LogP contribution in [0.25, 0.3) is 22.8 Å². The summed E-state index contributed by atoms with van der Waals surface area (Å²) >= 11 is 6.65. The third-order valence-electron chi connectivity index (χ3n) is 4.26. The molecule has 3 nitrogen and oxygen atoms in total. The van der Waals surface area contributed by atoms with Gasteiger partial charge in [0, 0.05) is 16.8 Å². The van der Waals surface area contributed by atoms with E-state index in [0.717, 1.165) is 27.9 Å². The first-order valence-electron chi connectivity index (χ1n) is 7.94. The largest absolute Gasteiger partial charge is 0.506 e. The summed E-state index contributed by atoms with van der Waals surface area (Å²) in [7, 11) is 0. The van der Waals surface area contributed by atoms with Gasteiger partial charge in [0.25, 0.3) is 5.91 Å². The van der Waals surface area contributed by atoms with Crippen molar-refractivity contribution < 1.29 is 9.90 Å². The lowest BCUT2D eigenvalue weighted by Crippen LogP contribution is -2.03. The van der Waals surface area contributed by atoms with E-state index in [1.807, 2.05) is 54.6 Å². The van der Waals surface area contributed by atoms with Gasteiger partial charge >= 0.3 is 0 Å². The van der Waals surface area contributed by atoms with E-state index in [1.165, 1.54) is 0 Å². The van der Waals surface area contributed by atoms with E-state index in [0.29, 0.717) is 14.5 Å². The summed E-state index contributed by atoms with van der Waals surface area (Å²) in [6.45, 7) is 0. The summed E-state index contributed by atoms with van der Waals surface area (Å²) in [6, 6.07) is 19.6. The fourth-order valence-electron chi connectivity index (χ4n) is 2.98. The van der Waals surface area contributed by atoms with Crippen LogP contribution in [0.4, 0.5) is 5.69 Å². The minimum atomic E-state index is -0.134. The maximum Gasteiger partial charge on any atom is 0.256 e. The molecule has 0 saturated heterocycles. The molecule has 0 atom stereocenters. The Labute approximate surface area is 167 Å². The summed E-state index contributed by atoms with van der Waals surface area (Å²) in [6.07, 6.45) is 1.82. The molecule has 3 aromatic carbocycles. The van der Waals surface area contributed by atoms with Crippen LogP contribution in [-0.2, 0) is 4.79 Å². The summed E-state index contributed by atoms with van der Waals surface area (Å²) in [5, 5.41) is 12.8. The van der Waals surface area contributed by atoms with Crippen molar-refractivity contribution in [3.8, 4) is 16.9 Å². The predicted molar refractivity (Wildman–Crippen MR) is 112 cm³/mol. The first-order valence-corrected chi connectivity index (χ1v) is 9.52. The number of anilines is 1. The van der Waals surface area contributed by atoms with E-state index in [-0.39, 0.29) is 11.7 Å². The summed E-state index contributed by atoms with van der Waals surface area (Å²) in [4.78, 5) is 12.5. The third-order valence-corrected chi connectivity index (χ3v) is 5.47. The van der Waals surface area contributed by atoms with Gasteiger partial charge in [-0.25, -0.2) is 0 Å². The minimum Gasteiger partial charge on any atom is -0.506 e. The number of nitrogens with one attached hydrogen (secondary N) is 1. The Balaban J connectivity index is 1.82. The number of benzene rings is 3. The Morgan fingerprint density at radius 1 is 0.885 bits per heavy atom. The fourth-order valence-corrected chi connectivity index (χ4v) is 4.20. The lowest BCUT2D eigenvalue weighted by atomic mass is 9.98. The molecule has 1 amide bonds. The van der Waals surface area contributed by atoms with Crippen LogP contribution >= 0.6 is 31.9 Å². The fraction of sp³-hybridized carbons (Fsp3) is 0. The van der Waals surface area contributed by atoms with Gasteiger partial charge in [-0.3, -0.25) is 4.79 Å². The van der Waals surface area contributed by atoms with Crippen molar-refractivity contribution in [3.05, 3.63) is 80.7 Å². The van der Waals surface area contributed by atoms with Crippen molar-refractivity contribution in [1.82, 2.24) is 0 Å². The van der Waals surface area contributed by atoms with E-state index in [2.05, 4.69) is 37.2 Å². The van der Waals surface area contributed by atoms with Crippen molar-refractivity contribution in [2.45, 2.75) is 0 Å². The Bertz CT molecular complexity index is 1040. The molecule has 0 aliphatic carbocycles. The second kappa shape index (κ2) is 6.74. The molecule has 4 rings (SSSR count). The number of aromatic hydroxyl groups is 1. The van der Waals surface area contributed by atoms with Crippen LogP contribution in [0.2, 0.25) is 0 Å². The molecule has 1 aliphatic heterocycles. The van der Waals surface area contributed by atoms with Gasteiger partial charge in [0.05, 0.1) is 8.95 Å².